The predicted molar refractivity (Wildman–Crippen MR) is 107 cm³/mol. The standard InChI is InChI=1S/C19H22N4O4S/c1-4-26-15-8-6-14(7-9-15)23(11-5-10-20)16(24)12-27-19(25)17-13(2)22-28-18(17)21-3/h6-9,21H,4-5,11-12H2,1-3H3. The Kier molecular flexibility index (Phi) is 7.77. The molecule has 9 heteroatoms. The van der Waals surface area contributed by atoms with Gasteiger partial charge in [0.2, 0.25) is 0 Å². The van der Waals surface area contributed by atoms with Crippen molar-refractivity contribution in [3.63, 3.8) is 0 Å². The number of hydrogen-bond donors (Lipinski definition) is 1. The van der Waals surface area contributed by atoms with E-state index in [9.17, 15) is 9.59 Å². The van der Waals surface area contributed by atoms with Gasteiger partial charge in [-0.1, -0.05) is 0 Å². The van der Waals surface area contributed by atoms with Gasteiger partial charge in [0.1, 0.15) is 16.3 Å². The van der Waals surface area contributed by atoms with Gasteiger partial charge in [-0.05, 0) is 49.6 Å². The van der Waals surface area contributed by atoms with E-state index in [-0.39, 0.29) is 13.0 Å². The second-order valence-corrected chi connectivity index (χ2v) is 6.45. The molecule has 1 aromatic carbocycles. The molecule has 0 radical (unpaired) electrons. The summed E-state index contributed by atoms with van der Waals surface area (Å²) in [6.07, 6.45) is 0.157. The highest BCUT2D eigenvalue weighted by Gasteiger charge is 2.22. The summed E-state index contributed by atoms with van der Waals surface area (Å²) in [7, 11) is 1.68. The lowest BCUT2D eigenvalue weighted by Crippen LogP contribution is -2.35. The van der Waals surface area contributed by atoms with Crippen LogP contribution in [0.3, 0.4) is 0 Å². The normalized spacial score (nSPS) is 10.1. The number of carbonyl (C=O) groups is 2. The molecule has 28 heavy (non-hydrogen) atoms. The van der Waals surface area contributed by atoms with Gasteiger partial charge in [0.25, 0.3) is 5.91 Å². The van der Waals surface area contributed by atoms with Crippen LogP contribution in [0.1, 0.15) is 29.4 Å². The third-order valence-corrected chi connectivity index (χ3v) is 4.78. The van der Waals surface area contributed by atoms with Crippen molar-refractivity contribution >= 4 is 34.1 Å². The van der Waals surface area contributed by atoms with Crippen molar-refractivity contribution in [3.8, 4) is 11.8 Å². The van der Waals surface area contributed by atoms with E-state index in [1.807, 2.05) is 13.0 Å². The van der Waals surface area contributed by atoms with E-state index in [0.29, 0.717) is 34.3 Å². The Morgan fingerprint density at radius 2 is 2.04 bits per heavy atom. The Labute approximate surface area is 167 Å². The van der Waals surface area contributed by atoms with Gasteiger partial charge in [-0.25, -0.2) is 4.79 Å². The van der Waals surface area contributed by atoms with Crippen molar-refractivity contribution in [1.82, 2.24) is 4.37 Å². The highest BCUT2D eigenvalue weighted by atomic mass is 32.1. The van der Waals surface area contributed by atoms with Crippen LogP contribution in [-0.4, -0.2) is 43.1 Å². The lowest BCUT2D eigenvalue weighted by atomic mass is 10.2. The van der Waals surface area contributed by atoms with Gasteiger partial charge in [0.05, 0.1) is 24.8 Å². The summed E-state index contributed by atoms with van der Waals surface area (Å²) in [5.74, 6) is -0.346. The van der Waals surface area contributed by atoms with Crippen LogP contribution in [0.2, 0.25) is 0 Å². The maximum atomic E-state index is 12.7. The quantitative estimate of drug-likeness (QED) is 0.643. The van der Waals surface area contributed by atoms with Gasteiger partial charge in [-0.3, -0.25) is 4.79 Å². The maximum absolute atomic E-state index is 12.7. The zero-order chi connectivity index (χ0) is 20.5. The fraction of sp³-hybridized carbons (Fsp3) is 0.368. The van der Waals surface area contributed by atoms with Crippen molar-refractivity contribution < 1.29 is 19.1 Å². The molecular weight excluding hydrogens is 380 g/mol. The lowest BCUT2D eigenvalue weighted by molar-refractivity contribution is -0.121. The fourth-order valence-electron chi connectivity index (χ4n) is 2.51. The van der Waals surface area contributed by atoms with Crippen molar-refractivity contribution in [2.45, 2.75) is 20.3 Å². The monoisotopic (exact) mass is 402 g/mol. The van der Waals surface area contributed by atoms with Crippen LogP contribution < -0.4 is 15.0 Å². The molecule has 2 aromatic rings. The molecule has 0 unspecified atom stereocenters. The molecule has 1 aromatic heterocycles. The van der Waals surface area contributed by atoms with Crippen LogP contribution in [0, 0.1) is 18.3 Å². The molecular formula is C19H22N4O4S. The molecule has 8 nitrogen and oxygen atoms in total. The molecule has 2 rings (SSSR count). The van der Waals surface area contributed by atoms with Gasteiger partial charge in [-0.15, -0.1) is 0 Å². The first kappa shape index (κ1) is 21.2. The Hall–Kier alpha value is -3.12. The summed E-state index contributed by atoms with van der Waals surface area (Å²) >= 11 is 1.15. The lowest BCUT2D eigenvalue weighted by Gasteiger charge is -2.22. The number of nitrogens with one attached hydrogen (secondary N) is 1. The van der Waals surface area contributed by atoms with Gasteiger partial charge >= 0.3 is 5.97 Å². The van der Waals surface area contributed by atoms with Gasteiger partial charge < -0.3 is 19.7 Å². The van der Waals surface area contributed by atoms with Gasteiger partial charge in [-0.2, -0.15) is 9.64 Å². The molecule has 0 bridgehead atoms. The molecule has 0 aliphatic heterocycles. The third-order valence-electron chi connectivity index (χ3n) is 3.83. The number of benzene rings is 1. The van der Waals surface area contributed by atoms with E-state index >= 15 is 0 Å². The van der Waals surface area contributed by atoms with Crippen LogP contribution in [0.25, 0.3) is 0 Å². The Balaban J connectivity index is 2.09. The number of aromatic nitrogens is 1. The van der Waals surface area contributed by atoms with Crippen molar-refractivity contribution in [2.75, 3.05) is 37.0 Å². The van der Waals surface area contributed by atoms with Crippen LogP contribution in [0.15, 0.2) is 24.3 Å². The first-order valence-corrected chi connectivity index (χ1v) is 9.50. The minimum atomic E-state index is -0.615. The predicted octanol–water partition coefficient (Wildman–Crippen LogP) is 3.00. The molecule has 1 N–H and O–H groups in total. The molecule has 0 aliphatic rings. The van der Waals surface area contributed by atoms with E-state index in [4.69, 9.17) is 14.7 Å². The van der Waals surface area contributed by atoms with E-state index < -0.39 is 18.5 Å². The van der Waals surface area contributed by atoms with Gasteiger partial charge in [0.15, 0.2) is 6.61 Å². The molecule has 148 valence electrons. The average Bonchev–Trinajstić information content (AvgIpc) is 3.08. The van der Waals surface area contributed by atoms with Crippen LogP contribution in [0.4, 0.5) is 10.7 Å². The first-order valence-electron chi connectivity index (χ1n) is 8.73. The van der Waals surface area contributed by atoms with Crippen LogP contribution >= 0.6 is 11.5 Å². The topological polar surface area (TPSA) is 105 Å². The average molecular weight is 402 g/mol. The molecule has 1 amide bonds. The van der Waals surface area contributed by atoms with E-state index in [0.717, 1.165) is 11.5 Å². The van der Waals surface area contributed by atoms with Crippen molar-refractivity contribution in [2.24, 2.45) is 0 Å². The SMILES string of the molecule is CCOc1ccc(N(CCC#N)C(=O)COC(=O)c2c(C)nsc2NC)cc1. The van der Waals surface area contributed by atoms with Crippen molar-refractivity contribution in [1.29, 1.82) is 5.26 Å². The number of carbonyl (C=O) groups excluding carboxylic acids is 2. The first-order chi connectivity index (χ1) is 13.5. The maximum Gasteiger partial charge on any atom is 0.343 e. The zero-order valence-electron chi connectivity index (χ0n) is 16.0. The highest BCUT2D eigenvalue weighted by molar-refractivity contribution is 7.10. The summed E-state index contributed by atoms with van der Waals surface area (Å²) in [6.45, 7) is 3.89. The summed E-state index contributed by atoms with van der Waals surface area (Å²) in [5.41, 5.74) is 1.47. The number of esters is 1. The Morgan fingerprint density at radius 3 is 2.64 bits per heavy atom. The Bertz CT molecular complexity index is 858. The third kappa shape index (κ3) is 5.20. The van der Waals surface area contributed by atoms with E-state index in [2.05, 4.69) is 9.69 Å². The number of aryl methyl sites for hydroxylation is 1. The number of anilines is 2. The minimum Gasteiger partial charge on any atom is -0.494 e. The summed E-state index contributed by atoms with van der Waals surface area (Å²) in [4.78, 5) is 26.4. The number of amides is 1. The van der Waals surface area contributed by atoms with Crippen LogP contribution in [-0.2, 0) is 9.53 Å². The second-order valence-electron chi connectivity index (χ2n) is 5.68. The minimum absolute atomic E-state index is 0.157. The molecule has 0 aliphatic carbocycles. The second kappa shape index (κ2) is 10.3. The molecule has 0 saturated heterocycles. The van der Waals surface area contributed by atoms with Crippen molar-refractivity contribution in [3.05, 3.63) is 35.5 Å². The number of hydrogen-bond acceptors (Lipinski definition) is 8. The van der Waals surface area contributed by atoms with E-state index in [1.54, 1.807) is 38.2 Å². The molecule has 0 saturated carbocycles. The smallest absolute Gasteiger partial charge is 0.343 e. The fourth-order valence-corrected chi connectivity index (χ4v) is 3.24. The summed E-state index contributed by atoms with van der Waals surface area (Å²) < 4.78 is 14.7. The van der Waals surface area contributed by atoms with E-state index in [1.165, 1.54) is 4.90 Å². The van der Waals surface area contributed by atoms with Gasteiger partial charge in [0, 0.05) is 19.3 Å². The number of ether oxygens (including phenoxy) is 2. The summed E-state index contributed by atoms with van der Waals surface area (Å²) in [5, 5.41) is 12.4. The highest BCUT2D eigenvalue weighted by Crippen LogP contribution is 2.25. The number of rotatable bonds is 9. The molecule has 1 heterocycles. The largest absolute Gasteiger partial charge is 0.494 e. The molecule has 0 spiro atoms. The summed E-state index contributed by atoms with van der Waals surface area (Å²) in [6, 6.07) is 8.98. The zero-order valence-corrected chi connectivity index (χ0v) is 16.8. The Morgan fingerprint density at radius 1 is 1.32 bits per heavy atom. The van der Waals surface area contributed by atoms with Crippen LogP contribution in [0.5, 0.6) is 5.75 Å². The molecule has 0 fully saturated rings. The number of nitrogens with zero attached hydrogens (tertiary/aromatic N) is 3. The molecule has 0 atom stereocenters. The number of nitriles is 1.